The molecule has 5 nitrogen and oxygen atoms in total. The average molecular weight is 406 g/mol. The van der Waals surface area contributed by atoms with Crippen LogP contribution in [0.4, 0.5) is 5.69 Å². The van der Waals surface area contributed by atoms with Gasteiger partial charge >= 0.3 is 0 Å². The van der Waals surface area contributed by atoms with Crippen molar-refractivity contribution in [3.63, 3.8) is 0 Å². The molecule has 0 aromatic heterocycles. The second-order valence-electron chi connectivity index (χ2n) is 6.94. The van der Waals surface area contributed by atoms with Crippen molar-refractivity contribution in [3.05, 3.63) is 101 Å². The summed E-state index contributed by atoms with van der Waals surface area (Å²) in [5, 5.41) is 9.66. The highest BCUT2D eigenvalue weighted by Gasteiger charge is 2.44. The highest BCUT2D eigenvalue weighted by atomic mass is 35.5. The molecule has 2 atom stereocenters. The molecule has 6 heteroatoms. The van der Waals surface area contributed by atoms with Crippen LogP contribution in [0.2, 0.25) is 5.02 Å². The Morgan fingerprint density at radius 2 is 1.66 bits per heavy atom. The lowest BCUT2D eigenvalue weighted by molar-refractivity contribution is -0.126. The largest absolute Gasteiger partial charge is 0.333 e. The predicted octanol–water partition coefficient (Wildman–Crippen LogP) is 3.64. The van der Waals surface area contributed by atoms with Crippen LogP contribution in [-0.4, -0.2) is 18.0 Å². The lowest BCUT2D eigenvalue weighted by Crippen LogP contribution is -2.58. The Hall–Kier alpha value is -3.15. The van der Waals surface area contributed by atoms with Crippen molar-refractivity contribution in [2.45, 2.75) is 18.6 Å². The van der Waals surface area contributed by atoms with Gasteiger partial charge in [0, 0.05) is 23.2 Å². The molecule has 1 heterocycles. The maximum atomic E-state index is 12.9. The van der Waals surface area contributed by atoms with E-state index in [1.54, 1.807) is 6.07 Å². The predicted molar refractivity (Wildman–Crippen MR) is 114 cm³/mol. The number of carbonyl (C=O) groups is 2. The number of amides is 2. The van der Waals surface area contributed by atoms with Crippen molar-refractivity contribution in [3.8, 4) is 0 Å². The summed E-state index contributed by atoms with van der Waals surface area (Å²) in [5.74, 6) is -0.649. The van der Waals surface area contributed by atoms with Gasteiger partial charge < -0.3 is 10.6 Å². The van der Waals surface area contributed by atoms with Gasteiger partial charge in [-0.05, 0) is 29.3 Å². The third-order valence-corrected chi connectivity index (χ3v) is 5.26. The van der Waals surface area contributed by atoms with Crippen molar-refractivity contribution in [2.75, 3.05) is 5.32 Å². The zero-order chi connectivity index (χ0) is 20.4. The number of halogens is 1. The van der Waals surface area contributed by atoms with E-state index >= 15 is 0 Å². The molecular weight excluding hydrogens is 386 g/mol. The number of para-hydroxylation sites is 1. The van der Waals surface area contributed by atoms with Crippen molar-refractivity contribution >= 4 is 29.1 Å². The lowest BCUT2D eigenvalue weighted by atomic mass is 9.76. The van der Waals surface area contributed by atoms with E-state index in [0.717, 1.165) is 16.7 Å². The number of fused-ring (bicyclic) bond motifs is 1. The molecule has 146 valence electrons. The summed E-state index contributed by atoms with van der Waals surface area (Å²) in [4.78, 5) is 24.7. The monoisotopic (exact) mass is 405 g/mol. The first kappa shape index (κ1) is 19.2. The summed E-state index contributed by atoms with van der Waals surface area (Å²) >= 11 is 6.35. The van der Waals surface area contributed by atoms with Gasteiger partial charge in [0.1, 0.15) is 0 Å². The number of anilines is 1. The van der Waals surface area contributed by atoms with E-state index in [2.05, 4.69) is 16.0 Å². The van der Waals surface area contributed by atoms with Crippen molar-refractivity contribution < 1.29 is 9.59 Å². The highest BCUT2D eigenvalue weighted by Crippen LogP contribution is 2.42. The Bertz CT molecular complexity index is 1070. The first-order chi connectivity index (χ1) is 14.0. The minimum absolute atomic E-state index is 0.309. The van der Waals surface area contributed by atoms with Crippen molar-refractivity contribution in [1.82, 2.24) is 10.6 Å². The van der Waals surface area contributed by atoms with E-state index in [-0.39, 0.29) is 11.8 Å². The molecule has 4 rings (SSSR count). The van der Waals surface area contributed by atoms with Crippen LogP contribution < -0.4 is 16.0 Å². The van der Waals surface area contributed by atoms with Crippen LogP contribution in [-0.2, 0) is 15.1 Å². The SMILES string of the molecule is CC(=O)NC1NC(c2ccccc2)(c2cccc(Cl)c2)c2ccccc2NC1=O. The normalized spacial score (nSPS) is 20.9. The molecule has 1 aliphatic rings. The third-order valence-electron chi connectivity index (χ3n) is 5.02. The summed E-state index contributed by atoms with van der Waals surface area (Å²) < 4.78 is 0. The van der Waals surface area contributed by atoms with Crippen LogP contribution in [0.3, 0.4) is 0 Å². The van der Waals surface area contributed by atoms with E-state index < -0.39 is 11.7 Å². The van der Waals surface area contributed by atoms with Crippen LogP contribution in [0.15, 0.2) is 78.9 Å². The zero-order valence-corrected chi connectivity index (χ0v) is 16.5. The summed E-state index contributed by atoms with van der Waals surface area (Å²) in [5.41, 5.74) is 2.38. The van der Waals surface area contributed by atoms with Crippen molar-refractivity contribution in [1.29, 1.82) is 0 Å². The average Bonchev–Trinajstić information content (AvgIpc) is 2.83. The molecule has 0 radical (unpaired) electrons. The van der Waals surface area contributed by atoms with Gasteiger partial charge in [0.05, 0.1) is 5.54 Å². The Morgan fingerprint density at radius 3 is 2.38 bits per heavy atom. The second-order valence-corrected chi connectivity index (χ2v) is 7.38. The maximum absolute atomic E-state index is 12.9. The number of nitrogens with one attached hydrogen (secondary N) is 3. The number of carbonyl (C=O) groups excluding carboxylic acids is 2. The third kappa shape index (κ3) is 3.50. The Kier molecular flexibility index (Phi) is 5.09. The molecule has 0 aliphatic carbocycles. The second kappa shape index (κ2) is 7.70. The molecule has 0 bridgehead atoms. The Labute approximate surface area is 174 Å². The van der Waals surface area contributed by atoms with Gasteiger partial charge in [-0.3, -0.25) is 14.9 Å². The number of hydrogen-bond acceptors (Lipinski definition) is 3. The van der Waals surface area contributed by atoms with Gasteiger partial charge in [-0.2, -0.15) is 0 Å². The number of hydrogen-bond donors (Lipinski definition) is 3. The summed E-state index contributed by atoms with van der Waals surface area (Å²) in [6.45, 7) is 1.39. The molecule has 29 heavy (non-hydrogen) atoms. The number of benzene rings is 3. The van der Waals surface area contributed by atoms with E-state index in [1.165, 1.54) is 6.92 Å². The van der Waals surface area contributed by atoms with E-state index in [9.17, 15) is 9.59 Å². The highest BCUT2D eigenvalue weighted by molar-refractivity contribution is 6.30. The fourth-order valence-electron chi connectivity index (χ4n) is 3.84. The Balaban J connectivity index is 2.05. The van der Waals surface area contributed by atoms with Gasteiger partial charge in [0.2, 0.25) is 5.91 Å². The minimum atomic E-state index is -0.945. The first-order valence-corrected chi connectivity index (χ1v) is 9.65. The standard InChI is InChI=1S/C23H20ClN3O2/c1-15(28)25-21-22(29)26-20-13-6-5-12-19(20)23(27-21,16-8-3-2-4-9-16)17-10-7-11-18(24)14-17/h2-14,21,27H,1H3,(H,25,28)(H,26,29). The quantitative estimate of drug-likeness (QED) is 0.623. The van der Waals surface area contributed by atoms with Gasteiger partial charge in [0.25, 0.3) is 5.91 Å². The smallest absolute Gasteiger partial charge is 0.262 e. The molecule has 3 N–H and O–H groups in total. The minimum Gasteiger partial charge on any atom is -0.333 e. The van der Waals surface area contributed by atoms with Gasteiger partial charge in [-0.25, -0.2) is 0 Å². The molecule has 0 saturated carbocycles. The molecule has 3 aromatic rings. The van der Waals surface area contributed by atoms with Gasteiger partial charge in [0.15, 0.2) is 6.17 Å². The maximum Gasteiger partial charge on any atom is 0.262 e. The van der Waals surface area contributed by atoms with Gasteiger partial charge in [-0.1, -0.05) is 72.3 Å². The van der Waals surface area contributed by atoms with Gasteiger partial charge in [-0.15, -0.1) is 0 Å². The first-order valence-electron chi connectivity index (χ1n) is 9.27. The van der Waals surface area contributed by atoms with Crippen LogP contribution in [0, 0.1) is 0 Å². The van der Waals surface area contributed by atoms with Crippen LogP contribution in [0.25, 0.3) is 0 Å². The Morgan fingerprint density at radius 1 is 0.966 bits per heavy atom. The molecule has 0 saturated heterocycles. The zero-order valence-electron chi connectivity index (χ0n) is 15.8. The molecule has 3 aromatic carbocycles. The summed E-state index contributed by atoms with van der Waals surface area (Å²) in [6.07, 6.45) is -0.945. The summed E-state index contributed by atoms with van der Waals surface area (Å²) in [7, 11) is 0. The van der Waals surface area contributed by atoms with Crippen LogP contribution in [0.1, 0.15) is 23.6 Å². The van der Waals surface area contributed by atoms with E-state index in [4.69, 9.17) is 11.6 Å². The fourth-order valence-corrected chi connectivity index (χ4v) is 4.03. The molecule has 0 fully saturated rings. The van der Waals surface area contributed by atoms with Crippen molar-refractivity contribution in [2.24, 2.45) is 0 Å². The fraction of sp³-hybridized carbons (Fsp3) is 0.130. The van der Waals surface area contributed by atoms with Crippen LogP contribution >= 0.6 is 11.6 Å². The summed E-state index contributed by atoms with van der Waals surface area (Å²) in [6, 6.07) is 24.9. The lowest BCUT2D eigenvalue weighted by Gasteiger charge is -2.38. The molecular formula is C23H20ClN3O2. The molecule has 2 unspecified atom stereocenters. The number of rotatable bonds is 3. The van der Waals surface area contributed by atoms with E-state index in [1.807, 2.05) is 72.8 Å². The molecule has 1 aliphatic heterocycles. The molecule has 2 amide bonds. The van der Waals surface area contributed by atoms with Crippen LogP contribution in [0.5, 0.6) is 0 Å². The topological polar surface area (TPSA) is 70.2 Å². The van der Waals surface area contributed by atoms with E-state index in [0.29, 0.717) is 10.7 Å². The molecule has 0 spiro atoms.